The van der Waals surface area contributed by atoms with Crippen LogP contribution >= 0.6 is 0 Å². The molecule has 0 heterocycles. The molecule has 1 saturated carbocycles. The highest BCUT2D eigenvalue weighted by Gasteiger charge is 2.71. The fourth-order valence-corrected chi connectivity index (χ4v) is 6.37. The Morgan fingerprint density at radius 3 is 2.38 bits per heavy atom. The summed E-state index contributed by atoms with van der Waals surface area (Å²) in [6.07, 6.45) is 8.35. The van der Waals surface area contributed by atoms with Gasteiger partial charge in [0.15, 0.2) is 5.78 Å². The van der Waals surface area contributed by atoms with Gasteiger partial charge in [0.2, 0.25) is 0 Å². The lowest BCUT2D eigenvalue weighted by atomic mass is 9.61. The number of Topliss-reactive ketones (excluding diaryl/α,β-unsaturated/α-hetero) is 1. The van der Waals surface area contributed by atoms with Crippen molar-refractivity contribution >= 4 is 13.9 Å². The average molecular weight is 230 g/mol. The fourth-order valence-electron chi connectivity index (χ4n) is 4.62. The molecule has 0 aromatic heterocycles. The van der Waals surface area contributed by atoms with Crippen molar-refractivity contribution in [1.29, 1.82) is 0 Å². The molecule has 0 aromatic rings. The van der Waals surface area contributed by atoms with E-state index in [1.54, 1.807) is 5.57 Å². The molecule has 16 heavy (non-hydrogen) atoms. The van der Waals surface area contributed by atoms with Gasteiger partial charge in [-0.15, -0.1) is 0 Å². The first kappa shape index (κ1) is 9.40. The molecule has 6 aliphatic carbocycles. The summed E-state index contributed by atoms with van der Waals surface area (Å²) in [5, 5.41) is 0. The number of carbonyl (C=O) groups is 1. The Morgan fingerprint density at radius 1 is 1.19 bits per heavy atom. The molecule has 0 aromatic carbocycles. The summed E-state index contributed by atoms with van der Waals surface area (Å²) >= 11 is 0. The van der Waals surface area contributed by atoms with E-state index in [2.05, 4.69) is 31.8 Å². The fraction of sp³-hybridized carbons (Fsp3) is 0.643. The van der Waals surface area contributed by atoms with Crippen molar-refractivity contribution in [1.82, 2.24) is 0 Å². The predicted molar refractivity (Wildman–Crippen MR) is 67.0 cm³/mol. The van der Waals surface area contributed by atoms with E-state index in [1.807, 2.05) is 0 Å². The maximum atomic E-state index is 12.6. The molecule has 1 unspecified atom stereocenters. The molecule has 84 valence electrons. The second-order valence-electron chi connectivity index (χ2n) is 7.34. The Kier molecular flexibility index (Phi) is 1.28. The van der Waals surface area contributed by atoms with Crippen LogP contribution in [-0.2, 0) is 4.79 Å². The third-order valence-electron chi connectivity index (χ3n) is 5.40. The Labute approximate surface area is 97.6 Å². The van der Waals surface area contributed by atoms with Gasteiger partial charge < -0.3 is 0 Å². The highest BCUT2D eigenvalue weighted by Crippen LogP contribution is 2.79. The molecule has 0 spiro atoms. The minimum atomic E-state index is -1.32. The summed E-state index contributed by atoms with van der Waals surface area (Å²) in [5.74, 6) is 0.540. The minimum Gasteiger partial charge on any atom is -0.295 e. The van der Waals surface area contributed by atoms with Gasteiger partial charge in [0.25, 0.3) is 0 Å². The normalized spacial score (nSPS) is 47.7. The highest BCUT2D eigenvalue weighted by atomic mass is 28.3. The Hall–Kier alpha value is -0.633. The van der Waals surface area contributed by atoms with Crippen LogP contribution in [0.4, 0.5) is 0 Å². The lowest BCUT2D eigenvalue weighted by Gasteiger charge is -2.42. The summed E-state index contributed by atoms with van der Waals surface area (Å²) in [4.78, 5) is 12.6. The van der Waals surface area contributed by atoms with Gasteiger partial charge >= 0.3 is 0 Å². The molecule has 0 N–H and O–H groups in total. The zero-order valence-corrected chi connectivity index (χ0v) is 11.3. The van der Waals surface area contributed by atoms with E-state index in [0.29, 0.717) is 16.7 Å². The predicted octanol–water partition coefficient (Wildman–Crippen LogP) is 3.31. The zero-order chi connectivity index (χ0) is 11.3. The lowest BCUT2D eigenvalue weighted by molar-refractivity contribution is -0.116. The van der Waals surface area contributed by atoms with Gasteiger partial charge in [0.1, 0.15) is 0 Å². The molecule has 2 heteroatoms. The van der Waals surface area contributed by atoms with Gasteiger partial charge in [0.05, 0.1) is 8.07 Å². The summed E-state index contributed by atoms with van der Waals surface area (Å²) in [6, 6.07) is 0. The standard InChI is InChI=1S/C14H18OSi/c1-16(2,3)10-6-9-11(12(10)15)14-5-4-13(9,7-14)8-14/h4-5,10H,6-8H2,1-3H3. The maximum absolute atomic E-state index is 12.6. The number of carbonyl (C=O) groups excluding carboxylic acids is 1. The summed E-state index contributed by atoms with van der Waals surface area (Å²) in [6.45, 7) is 7.02. The van der Waals surface area contributed by atoms with Crippen molar-refractivity contribution in [3.63, 3.8) is 0 Å². The molecule has 0 amide bonds. The van der Waals surface area contributed by atoms with Crippen LogP contribution in [0.3, 0.4) is 0 Å². The van der Waals surface area contributed by atoms with Crippen molar-refractivity contribution in [3.05, 3.63) is 23.3 Å². The van der Waals surface area contributed by atoms with Crippen molar-refractivity contribution in [2.24, 2.45) is 10.8 Å². The summed E-state index contributed by atoms with van der Waals surface area (Å²) < 4.78 is 0. The Balaban J connectivity index is 1.79. The van der Waals surface area contributed by atoms with E-state index in [1.165, 1.54) is 18.4 Å². The summed E-state index contributed by atoms with van der Waals surface area (Å²) in [5.41, 5.74) is 3.84. The Bertz CT molecular complexity index is 483. The van der Waals surface area contributed by atoms with Gasteiger partial charge in [0, 0.05) is 21.9 Å². The maximum Gasteiger partial charge on any atom is 0.160 e. The van der Waals surface area contributed by atoms with Crippen LogP contribution in [0.1, 0.15) is 19.3 Å². The number of allylic oxidation sites excluding steroid dienone is 4. The Morgan fingerprint density at radius 2 is 1.81 bits per heavy atom. The van der Waals surface area contributed by atoms with Crippen LogP contribution in [0.2, 0.25) is 25.2 Å². The van der Waals surface area contributed by atoms with Gasteiger partial charge in [-0.3, -0.25) is 4.79 Å². The van der Waals surface area contributed by atoms with E-state index in [4.69, 9.17) is 0 Å². The molecular formula is C14H18OSi. The van der Waals surface area contributed by atoms with Gasteiger partial charge in [-0.25, -0.2) is 0 Å². The van der Waals surface area contributed by atoms with Crippen LogP contribution in [0, 0.1) is 10.8 Å². The van der Waals surface area contributed by atoms with Crippen molar-refractivity contribution < 1.29 is 4.79 Å². The average Bonchev–Trinajstić information content (AvgIpc) is 2.76. The topological polar surface area (TPSA) is 17.1 Å². The van der Waals surface area contributed by atoms with E-state index in [-0.39, 0.29) is 5.41 Å². The molecule has 0 radical (unpaired) electrons. The number of rotatable bonds is 1. The first-order valence-corrected chi connectivity index (χ1v) is 9.95. The molecule has 2 bridgehead atoms. The van der Waals surface area contributed by atoms with Gasteiger partial charge in [-0.1, -0.05) is 37.4 Å². The smallest absolute Gasteiger partial charge is 0.160 e. The highest BCUT2D eigenvalue weighted by molar-refractivity contribution is 6.81. The SMILES string of the molecule is C[Si](C)(C)C1CC2=C(C1=O)C13C=CC2(C1)C3. The van der Waals surface area contributed by atoms with E-state index < -0.39 is 8.07 Å². The molecule has 1 nitrogen and oxygen atoms in total. The molecule has 1 atom stereocenters. The zero-order valence-electron chi connectivity index (χ0n) is 10.3. The number of ketones is 1. The van der Waals surface area contributed by atoms with Crippen LogP contribution in [0.5, 0.6) is 0 Å². The largest absolute Gasteiger partial charge is 0.295 e. The first-order chi connectivity index (χ1) is 7.38. The monoisotopic (exact) mass is 230 g/mol. The molecule has 0 aliphatic heterocycles. The van der Waals surface area contributed by atoms with Crippen molar-refractivity contribution in [3.8, 4) is 0 Å². The minimum absolute atomic E-state index is 0.237. The number of hydrogen-bond acceptors (Lipinski definition) is 1. The van der Waals surface area contributed by atoms with Crippen molar-refractivity contribution in [2.45, 2.75) is 44.4 Å². The third-order valence-corrected chi connectivity index (χ3v) is 7.96. The van der Waals surface area contributed by atoms with E-state index >= 15 is 0 Å². The van der Waals surface area contributed by atoms with Crippen molar-refractivity contribution in [2.75, 3.05) is 0 Å². The van der Waals surface area contributed by atoms with Crippen LogP contribution in [0.15, 0.2) is 23.3 Å². The lowest BCUT2D eigenvalue weighted by Crippen LogP contribution is -2.39. The van der Waals surface area contributed by atoms with E-state index in [0.717, 1.165) is 6.42 Å². The molecular weight excluding hydrogens is 212 g/mol. The number of hydrogen-bond donors (Lipinski definition) is 0. The second kappa shape index (κ2) is 2.17. The van der Waals surface area contributed by atoms with E-state index in [9.17, 15) is 4.79 Å². The first-order valence-electron chi connectivity index (χ1n) is 6.37. The van der Waals surface area contributed by atoms with Gasteiger partial charge in [-0.05, 0) is 19.3 Å². The van der Waals surface area contributed by atoms with Gasteiger partial charge in [-0.2, -0.15) is 0 Å². The van der Waals surface area contributed by atoms with Crippen LogP contribution < -0.4 is 0 Å². The summed E-state index contributed by atoms with van der Waals surface area (Å²) in [7, 11) is -1.32. The van der Waals surface area contributed by atoms with Crippen LogP contribution in [0.25, 0.3) is 0 Å². The third kappa shape index (κ3) is 0.745. The quantitative estimate of drug-likeness (QED) is 0.499. The molecule has 6 aliphatic rings. The van der Waals surface area contributed by atoms with Crippen LogP contribution in [-0.4, -0.2) is 13.9 Å². The molecule has 0 saturated heterocycles. The second-order valence-corrected chi connectivity index (χ2v) is 12.8. The molecule has 1 fully saturated rings. The molecule has 6 rings (SSSR count).